The molecule has 1 aromatic heterocycles. The number of aromatic nitrogens is 2. The molecule has 2 aromatic rings. The Labute approximate surface area is 92.9 Å². The molecule has 0 radical (unpaired) electrons. The number of hydrogen-bond donors (Lipinski definition) is 1. The molecular weight excluding hydrogens is 266 g/mol. The molecule has 0 spiro atoms. The van der Waals surface area contributed by atoms with E-state index in [2.05, 4.69) is 26.1 Å². The van der Waals surface area contributed by atoms with Gasteiger partial charge in [-0.3, -0.25) is 0 Å². The van der Waals surface area contributed by atoms with E-state index in [1.54, 1.807) is 17.6 Å². The fraction of sp³-hybridized carbons (Fsp3) is 0. The summed E-state index contributed by atoms with van der Waals surface area (Å²) in [5.74, 6) is 0.641. The van der Waals surface area contributed by atoms with Gasteiger partial charge in [-0.15, -0.1) is 5.10 Å². The molecule has 0 aliphatic rings. The first-order chi connectivity index (χ1) is 6.75. The van der Waals surface area contributed by atoms with E-state index in [9.17, 15) is 0 Å². The average Bonchev–Trinajstić information content (AvgIpc) is 2.64. The quantitative estimate of drug-likeness (QED) is 0.854. The van der Waals surface area contributed by atoms with E-state index in [4.69, 9.17) is 10.5 Å². The van der Waals surface area contributed by atoms with Crippen LogP contribution in [0.3, 0.4) is 0 Å². The highest BCUT2D eigenvalue weighted by Crippen LogP contribution is 2.31. The summed E-state index contributed by atoms with van der Waals surface area (Å²) >= 11 is 4.68. The Balaban J connectivity index is 2.28. The van der Waals surface area contributed by atoms with Crippen molar-refractivity contribution < 1.29 is 4.74 Å². The van der Waals surface area contributed by atoms with Crippen LogP contribution in [0.1, 0.15) is 0 Å². The van der Waals surface area contributed by atoms with E-state index in [0.29, 0.717) is 16.6 Å². The summed E-state index contributed by atoms with van der Waals surface area (Å²) < 4.78 is 6.28. The molecule has 0 amide bonds. The zero-order valence-corrected chi connectivity index (χ0v) is 9.38. The van der Waals surface area contributed by atoms with Gasteiger partial charge < -0.3 is 10.5 Å². The van der Waals surface area contributed by atoms with Gasteiger partial charge in [-0.2, -0.15) is 0 Å². The minimum absolute atomic E-state index is 0.497. The van der Waals surface area contributed by atoms with Crippen LogP contribution in [0.4, 0.5) is 5.69 Å². The highest BCUT2D eigenvalue weighted by Gasteiger charge is 2.05. The van der Waals surface area contributed by atoms with Gasteiger partial charge in [-0.1, -0.05) is 16.4 Å². The molecule has 0 bridgehead atoms. The molecule has 0 atom stereocenters. The SMILES string of the molecule is Nc1ccc(Br)c(Oc2nncs2)c1. The highest BCUT2D eigenvalue weighted by molar-refractivity contribution is 9.10. The molecule has 72 valence electrons. The van der Waals surface area contributed by atoms with Gasteiger partial charge in [0.15, 0.2) is 0 Å². The van der Waals surface area contributed by atoms with Gasteiger partial charge in [0.1, 0.15) is 11.3 Å². The molecule has 0 unspecified atom stereocenters. The zero-order valence-electron chi connectivity index (χ0n) is 6.98. The summed E-state index contributed by atoms with van der Waals surface area (Å²) in [7, 11) is 0. The number of halogens is 1. The molecule has 6 heteroatoms. The maximum absolute atomic E-state index is 5.62. The zero-order chi connectivity index (χ0) is 9.97. The van der Waals surface area contributed by atoms with Crippen molar-refractivity contribution in [1.29, 1.82) is 0 Å². The molecule has 0 fully saturated rings. The van der Waals surface area contributed by atoms with Crippen molar-refractivity contribution in [2.75, 3.05) is 5.73 Å². The number of benzene rings is 1. The summed E-state index contributed by atoms with van der Waals surface area (Å²) in [6.07, 6.45) is 0. The van der Waals surface area contributed by atoms with Crippen LogP contribution >= 0.6 is 27.3 Å². The van der Waals surface area contributed by atoms with E-state index in [1.807, 2.05) is 6.07 Å². The summed E-state index contributed by atoms with van der Waals surface area (Å²) in [4.78, 5) is 0. The number of nitrogens with zero attached hydrogens (tertiary/aromatic N) is 2. The summed E-state index contributed by atoms with van der Waals surface area (Å²) in [6, 6.07) is 5.34. The first-order valence-electron chi connectivity index (χ1n) is 3.75. The first-order valence-corrected chi connectivity index (χ1v) is 5.42. The van der Waals surface area contributed by atoms with E-state index in [0.717, 1.165) is 4.47 Å². The number of hydrogen-bond acceptors (Lipinski definition) is 5. The Bertz CT molecular complexity index is 432. The number of nitrogens with two attached hydrogens (primary N) is 1. The molecule has 0 saturated heterocycles. The molecule has 14 heavy (non-hydrogen) atoms. The maximum atomic E-state index is 5.62. The van der Waals surface area contributed by atoms with E-state index in [1.165, 1.54) is 11.3 Å². The Kier molecular flexibility index (Phi) is 2.64. The van der Waals surface area contributed by atoms with Crippen LogP contribution < -0.4 is 10.5 Å². The van der Waals surface area contributed by atoms with Crippen molar-refractivity contribution in [3.8, 4) is 10.9 Å². The maximum Gasteiger partial charge on any atom is 0.299 e. The number of ether oxygens (including phenoxy) is 1. The number of rotatable bonds is 2. The minimum Gasteiger partial charge on any atom is -0.429 e. The van der Waals surface area contributed by atoms with E-state index >= 15 is 0 Å². The second-order valence-corrected chi connectivity index (χ2v) is 4.15. The lowest BCUT2D eigenvalue weighted by atomic mass is 10.3. The van der Waals surface area contributed by atoms with Crippen LogP contribution in [0.15, 0.2) is 28.2 Å². The predicted octanol–water partition coefficient (Wildman–Crippen LogP) is 2.68. The van der Waals surface area contributed by atoms with Gasteiger partial charge in [0.2, 0.25) is 0 Å². The third-order valence-electron chi connectivity index (χ3n) is 1.49. The van der Waals surface area contributed by atoms with Crippen LogP contribution in [0, 0.1) is 0 Å². The van der Waals surface area contributed by atoms with Crippen LogP contribution in [-0.4, -0.2) is 10.2 Å². The van der Waals surface area contributed by atoms with Crippen LogP contribution in [0.2, 0.25) is 0 Å². The fourth-order valence-electron chi connectivity index (χ4n) is 0.900. The molecule has 4 nitrogen and oxygen atoms in total. The van der Waals surface area contributed by atoms with Gasteiger partial charge in [0, 0.05) is 11.8 Å². The molecular formula is C8H6BrN3OS. The standard InChI is InChI=1S/C8H6BrN3OS/c9-6-2-1-5(10)3-7(6)13-8-12-11-4-14-8/h1-4H,10H2. The Morgan fingerprint density at radius 2 is 2.29 bits per heavy atom. The van der Waals surface area contributed by atoms with E-state index < -0.39 is 0 Å². The smallest absolute Gasteiger partial charge is 0.299 e. The summed E-state index contributed by atoms with van der Waals surface area (Å²) in [5.41, 5.74) is 7.88. The van der Waals surface area contributed by atoms with Crippen molar-refractivity contribution in [1.82, 2.24) is 10.2 Å². The Morgan fingerprint density at radius 3 is 3.00 bits per heavy atom. The van der Waals surface area contributed by atoms with Gasteiger partial charge in [-0.25, -0.2) is 0 Å². The predicted molar refractivity (Wildman–Crippen MR) is 58.5 cm³/mol. The Morgan fingerprint density at radius 1 is 1.43 bits per heavy atom. The molecule has 1 aromatic carbocycles. The van der Waals surface area contributed by atoms with Crippen molar-refractivity contribution >= 4 is 33.0 Å². The Hall–Kier alpha value is -1.14. The minimum atomic E-state index is 0.497. The van der Waals surface area contributed by atoms with E-state index in [-0.39, 0.29) is 0 Å². The summed E-state index contributed by atoms with van der Waals surface area (Å²) in [5, 5.41) is 7.93. The van der Waals surface area contributed by atoms with Gasteiger partial charge in [0.25, 0.3) is 5.19 Å². The lowest BCUT2D eigenvalue weighted by molar-refractivity contribution is 0.470. The van der Waals surface area contributed by atoms with Crippen LogP contribution in [-0.2, 0) is 0 Å². The second-order valence-electron chi connectivity index (χ2n) is 2.50. The van der Waals surface area contributed by atoms with Crippen molar-refractivity contribution in [2.45, 2.75) is 0 Å². The summed E-state index contributed by atoms with van der Waals surface area (Å²) in [6.45, 7) is 0. The molecule has 0 aliphatic carbocycles. The molecule has 0 saturated carbocycles. The highest BCUT2D eigenvalue weighted by atomic mass is 79.9. The third kappa shape index (κ3) is 2.02. The van der Waals surface area contributed by atoms with Gasteiger partial charge in [-0.05, 0) is 28.1 Å². The number of nitrogen functional groups attached to an aromatic ring is 1. The molecule has 1 heterocycles. The molecule has 0 aliphatic heterocycles. The fourth-order valence-corrected chi connectivity index (χ4v) is 1.64. The normalized spacial score (nSPS) is 10.1. The van der Waals surface area contributed by atoms with Gasteiger partial charge in [0.05, 0.1) is 4.47 Å². The van der Waals surface area contributed by atoms with Crippen LogP contribution in [0.5, 0.6) is 10.9 Å². The number of anilines is 1. The molecule has 2 rings (SSSR count). The first kappa shape index (κ1) is 9.42. The van der Waals surface area contributed by atoms with Crippen LogP contribution in [0.25, 0.3) is 0 Å². The second kappa shape index (κ2) is 3.93. The van der Waals surface area contributed by atoms with Gasteiger partial charge >= 0.3 is 0 Å². The largest absolute Gasteiger partial charge is 0.429 e. The van der Waals surface area contributed by atoms with Crippen molar-refractivity contribution in [3.63, 3.8) is 0 Å². The molecule has 2 N–H and O–H groups in total. The topological polar surface area (TPSA) is 61.0 Å². The lowest BCUT2D eigenvalue weighted by Crippen LogP contribution is -1.88. The third-order valence-corrected chi connectivity index (χ3v) is 2.71. The van der Waals surface area contributed by atoms with Crippen molar-refractivity contribution in [2.24, 2.45) is 0 Å². The lowest BCUT2D eigenvalue weighted by Gasteiger charge is -2.04. The monoisotopic (exact) mass is 271 g/mol. The van der Waals surface area contributed by atoms with Crippen molar-refractivity contribution in [3.05, 3.63) is 28.2 Å². The average molecular weight is 272 g/mol.